The number of fused-ring (bicyclic) bond motifs is 1. The number of thiophene rings is 1. The van der Waals surface area contributed by atoms with E-state index in [2.05, 4.69) is 46.5 Å². The van der Waals surface area contributed by atoms with Gasteiger partial charge < -0.3 is 15.6 Å². The molecule has 32 heavy (non-hydrogen) atoms. The Morgan fingerprint density at radius 1 is 1.09 bits per heavy atom. The average Bonchev–Trinajstić information content (AvgIpc) is 3.27. The van der Waals surface area contributed by atoms with Crippen LogP contribution in [0.2, 0.25) is 0 Å². The Labute approximate surface area is 192 Å². The Morgan fingerprint density at radius 2 is 1.84 bits per heavy atom. The summed E-state index contributed by atoms with van der Waals surface area (Å²) in [4.78, 5) is 6.63. The minimum absolute atomic E-state index is 0.165. The molecule has 6 heteroatoms. The largest absolute Gasteiger partial charge is 0.457 e. The number of nitrogen functional groups attached to an aromatic ring is 1. The first kappa shape index (κ1) is 22.0. The molecule has 0 unspecified atom stereocenters. The van der Waals surface area contributed by atoms with Crippen molar-refractivity contribution in [2.75, 3.05) is 32.0 Å². The van der Waals surface area contributed by atoms with Crippen molar-refractivity contribution in [3.05, 3.63) is 77.8 Å². The highest BCUT2D eigenvalue weighted by molar-refractivity contribution is 7.18. The molecule has 0 amide bonds. The van der Waals surface area contributed by atoms with E-state index < -0.39 is 0 Å². The van der Waals surface area contributed by atoms with E-state index in [1.54, 1.807) is 11.3 Å². The van der Waals surface area contributed by atoms with Crippen molar-refractivity contribution in [2.45, 2.75) is 6.92 Å². The smallest absolute Gasteiger partial charge is 0.132 e. The monoisotopic (exact) mass is 445 g/mol. The SMILES string of the molecule is CCN(C/C=C/c1cnc(N)c2c(-c3ccc(Oc4ccccc4)cc3)csc12)CCO. The molecular formula is C26H27N3O2S. The lowest BCUT2D eigenvalue weighted by atomic mass is 10.0. The van der Waals surface area contributed by atoms with Crippen LogP contribution in [-0.4, -0.2) is 41.2 Å². The second-order valence-electron chi connectivity index (χ2n) is 7.41. The number of aliphatic hydroxyl groups is 1. The van der Waals surface area contributed by atoms with Gasteiger partial charge in [0.1, 0.15) is 17.3 Å². The molecule has 0 saturated heterocycles. The number of nitrogens with zero attached hydrogens (tertiary/aromatic N) is 2. The van der Waals surface area contributed by atoms with Gasteiger partial charge in [0, 0.05) is 40.5 Å². The van der Waals surface area contributed by atoms with Crippen LogP contribution in [0.4, 0.5) is 5.82 Å². The molecule has 0 atom stereocenters. The van der Waals surface area contributed by atoms with Crippen LogP contribution in [-0.2, 0) is 0 Å². The van der Waals surface area contributed by atoms with Crippen LogP contribution >= 0.6 is 11.3 Å². The summed E-state index contributed by atoms with van der Waals surface area (Å²) in [6.07, 6.45) is 6.03. The molecule has 5 nitrogen and oxygen atoms in total. The van der Waals surface area contributed by atoms with Crippen LogP contribution in [0.3, 0.4) is 0 Å². The average molecular weight is 446 g/mol. The van der Waals surface area contributed by atoms with Crippen molar-refractivity contribution in [1.29, 1.82) is 0 Å². The lowest BCUT2D eigenvalue weighted by Crippen LogP contribution is -2.26. The zero-order valence-corrected chi connectivity index (χ0v) is 18.9. The van der Waals surface area contributed by atoms with Gasteiger partial charge in [-0.15, -0.1) is 11.3 Å². The number of nitrogens with two attached hydrogens (primary N) is 1. The second kappa shape index (κ2) is 10.4. The zero-order valence-electron chi connectivity index (χ0n) is 18.1. The van der Waals surface area contributed by atoms with Gasteiger partial charge in [0.05, 0.1) is 6.61 Å². The third-order valence-corrected chi connectivity index (χ3v) is 6.35. The number of hydrogen-bond donors (Lipinski definition) is 2. The van der Waals surface area contributed by atoms with Gasteiger partial charge in [-0.3, -0.25) is 4.90 Å². The first-order valence-electron chi connectivity index (χ1n) is 10.7. The maximum atomic E-state index is 9.16. The maximum Gasteiger partial charge on any atom is 0.132 e. The molecule has 3 N–H and O–H groups in total. The van der Waals surface area contributed by atoms with E-state index in [0.717, 1.165) is 51.4 Å². The fourth-order valence-corrected chi connectivity index (χ4v) is 4.67. The number of aliphatic hydroxyl groups excluding tert-OH is 1. The van der Waals surface area contributed by atoms with Gasteiger partial charge >= 0.3 is 0 Å². The topological polar surface area (TPSA) is 71.6 Å². The molecule has 4 aromatic rings. The van der Waals surface area contributed by atoms with Crippen LogP contribution in [0.5, 0.6) is 11.5 Å². The summed E-state index contributed by atoms with van der Waals surface area (Å²) in [6.45, 7) is 4.61. The van der Waals surface area contributed by atoms with E-state index >= 15 is 0 Å². The van der Waals surface area contributed by atoms with E-state index in [-0.39, 0.29) is 6.61 Å². The number of anilines is 1. The number of hydrogen-bond acceptors (Lipinski definition) is 6. The van der Waals surface area contributed by atoms with E-state index in [4.69, 9.17) is 15.6 Å². The number of aromatic nitrogens is 1. The summed E-state index contributed by atoms with van der Waals surface area (Å²) in [5.41, 5.74) is 9.49. The summed E-state index contributed by atoms with van der Waals surface area (Å²) >= 11 is 1.68. The number of ether oxygens (including phenoxy) is 1. The van der Waals surface area contributed by atoms with Crippen LogP contribution < -0.4 is 10.5 Å². The van der Waals surface area contributed by atoms with Gasteiger partial charge in [-0.1, -0.05) is 49.4 Å². The number of likely N-dealkylation sites (N-methyl/N-ethyl adjacent to an activating group) is 1. The van der Waals surface area contributed by atoms with Gasteiger partial charge in [-0.2, -0.15) is 0 Å². The fraction of sp³-hybridized carbons (Fsp3) is 0.192. The third-order valence-electron chi connectivity index (χ3n) is 5.32. The Morgan fingerprint density at radius 3 is 2.56 bits per heavy atom. The molecule has 0 fully saturated rings. The second-order valence-corrected chi connectivity index (χ2v) is 8.29. The quantitative estimate of drug-likeness (QED) is 0.348. The Hall–Kier alpha value is -3.19. The Bertz CT molecular complexity index is 1190. The molecule has 0 spiro atoms. The molecule has 0 aliphatic carbocycles. The number of para-hydroxylation sites is 1. The van der Waals surface area contributed by atoms with Gasteiger partial charge in [0.15, 0.2) is 0 Å². The van der Waals surface area contributed by atoms with Gasteiger partial charge in [0.25, 0.3) is 0 Å². The fourth-order valence-electron chi connectivity index (χ4n) is 3.59. The number of rotatable bonds is 9. The molecule has 0 aliphatic rings. The molecule has 0 saturated carbocycles. The molecule has 164 valence electrons. The van der Waals surface area contributed by atoms with Crippen LogP contribution in [0.25, 0.3) is 27.3 Å². The van der Waals surface area contributed by atoms with Crippen molar-refractivity contribution in [2.24, 2.45) is 0 Å². The maximum absolute atomic E-state index is 9.16. The number of pyridine rings is 1. The first-order valence-corrected chi connectivity index (χ1v) is 11.6. The number of benzene rings is 2. The van der Waals surface area contributed by atoms with Crippen molar-refractivity contribution in [3.63, 3.8) is 0 Å². The van der Waals surface area contributed by atoms with Crippen molar-refractivity contribution in [1.82, 2.24) is 9.88 Å². The molecule has 2 heterocycles. The highest BCUT2D eigenvalue weighted by Gasteiger charge is 2.13. The lowest BCUT2D eigenvalue weighted by molar-refractivity contribution is 0.214. The van der Waals surface area contributed by atoms with E-state index in [0.29, 0.717) is 12.4 Å². The summed E-state index contributed by atoms with van der Waals surface area (Å²) < 4.78 is 7.03. The minimum Gasteiger partial charge on any atom is -0.457 e. The predicted molar refractivity (Wildman–Crippen MR) is 134 cm³/mol. The zero-order chi connectivity index (χ0) is 22.3. The van der Waals surface area contributed by atoms with Crippen LogP contribution in [0.15, 0.2) is 72.3 Å². The van der Waals surface area contributed by atoms with Crippen molar-refractivity contribution >= 4 is 33.3 Å². The summed E-state index contributed by atoms with van der Waals surface area (Å²) in [5.74, 6) is 2.14. The summed E-state index contributed by atoms with van der Waals surface area (Å²) in [7, 11) is 0. The normalized spacial score (nSPS) is 11.6. The molecule has 0 aliphatic heterocycles. The van der Waals surface area contributed by atoms with Gasteiger partial charge in [0.2, 0.25) is 0 Å². The molecular weight excluding hydrogens is 418 g/mol. The van der Waals surface area contributed by atoms with Crippen LogP contribution in [0.1, 0.15) is 12.5 Å². The third kappa shape index (κ3) is 4.99. The molecule has 2 aromatic heterocycles. The molecule has 4 rings (SSSR count). The van der Waals surface area contributed by atoms with Gasteiger partial charge in [-0.05, 0) is 41.8 Å². The highest BCUT2D eigenvalue weighted by Crippen LogP contribution is 2.39. The molecule has 0 bridgehead atoms. The summed E-state index contributed by atoms with van der Waals surface area (Å²) in [5, 5.41) is 12.3. The van der Waals surface area contributed by atoms with Crippen LogP contribution in [0, 0.1) is 0 Å². The van der Waals surface area contributed by atoms with E-state index in [1.807, 2.05) is 48.7 Å². The highest BCUT2D eigenvalue weighted by atomic mass is 32.1. The molecule has 0 radical (unpaired) electrons. The molecule has 2 aromatic carbocycles. The Kier molecular flexibility index (Phi) is 7.17. The lowest BCUT2D eigenvalue weighted by Gasteiger charge is -2.16. The minimum atomic E-state index is 0.165. The predicted octanol–water partition coefficient (Wildman–Crippen LogP) is 5.67. The Balaban J connectivity index is 1.58. The standard InChI is InChI=1S/C26H27N3O2S/c1-2-29(15-16-30)14-6-7-20-17-28-26(27)24-23(18-32-25(20)24)19-10-12-22(13-11-19)31-21-8-4-3-5-9-21/h3-13,17-18,30H,2,14-16H2,1H3,(H2,27,28)/b7-6+. The van der Waals surface area contributed by atoms with Gasteiger partial charge in [-0.25, -0.2) is 4.98 Å². The van der Waals surface area contributed by atoms with Crippen molar-refractivity contribution in [3.8, 4) is 22.6 Å². The van der Waals surface area contributed by atoms with E-state index in [9.17, 15) is 0 Å². The summed E-state index contributed by atoms with van der Waals surface area (Å²) in [6, 6.07) is 17.8. The van der Waals surface area contributed by atoms with E-state index in [1.165, 1.54) is 0 Å². The van der Waals surface area contributed by atoms with Crippen molar-refractivity contribution < 1.29 is 9.84 Å². The first-order chi connectivity index (χ1) is 15.7.